The highest BCUT2D eigenvalue weighted by atomic mass is 19.1. The molecule has 3 rings (SSSR count). The number of amides is 1. The lowest BCUT2D eigenvalue weighted by atomic mass is 10.0. The van der Waals surface area contributed by atoms with Crippen LogP contribution in [-0.4, -0.2) is 35.7 Å². The molecular formula is C18H19FN2O3. The van der Waals surface area contributed by atoms with E-state index in [1.165, 1.54) is 17.2 Å². The average Bonchev–Trinajstić information content (AvgIpc) is 2.88. The van der Waals surface area contributed by atoms with Crippen molar-refractivity contribution in [1.82, 2.24) is 9.88 Å². The van der Waals surface area contributed by atoms with Gasteiger partial charge in [-0.2, -0.15) is 0 Å². The van der Waals surface area contributed by atoms with Gasteiger partial charge in [0, 0.05) is 19.7 Å². The van der Waals surface area contributed by atoms with Crippen molar-refractivity contribution in [2.75, 3.05) is 13.6 Å². The van der Waals surface area contributed by atoms with Crippen molar-refractivity contribution in [2.24, 2.45) is 0 Å². The summed E-state index contributed by atoms with van der Waals surface area (Å²) < 4.78 is 24.2. The number of nitrogens with zero attached hydrogens (tertiary/aromatic N) is 2. The summed E-state index contributed by atoms with van der Waals surface area (Å²) in [6.45, 7) is 2.49. The molecule has 1 aromatic heterocycles. The Morgan fingerprint density at radius 3 is 2.88 bits per heavy atom. The predicted molar refractivity (Wildman–Crippen MR) is 86.3 cm³/mol. The standard InChI is InChI=1S/C18H19FN2O3/c1-12-15(17-16(24-12)8-14(19)9-20-17)10-21(2)18(22)23-11-13-6-4-3-5-7-13/h3-9,12,15H,10-11H2,1-2H3/t12-,15-/m1/s1. The van der Waals surface area contributed by atoms with Crippen LogP contribution in [0, 0.1) is 5.82 Å². The molecule has 0 saturated carbocycles. The maximum atomic E-state index is 13.2. The zero-order valence-corrected chi connectivity index (χ0v) is 13.6. The van der Waals surface area contributed by atoms with E-state index in [9.17, 15) is 9.18 Å². The van der Waals surface area contributed by atoms with Crippen molar-refractivity contribution in [3.05, 3.63) is 59.7 Å². The average molecular weight is 330 g/mol. The Morgan fingerprint density at radius 2 is 2.12 bits per heavy atom. The summed E-state index contributed by atoms with van der Waals surface area (Å²) in [5, 5.41) is 0. The molecular weight excluding hydrogens is 311 g/mol. The molecule has 1 aliphatic heterocycles. The third kappa shape index (κ3) is 3.48. The molecule has 126 valence electrons. The second kappa shape index (κ2) is 6.86. The number of halogens is 1. The third-order valence-electron chi connectivity index (χ3n) is 4.07. The van der Waals surface area contributed by atoms with Crippen molar-refractivity contribution < 1.29 is 18.7 Å². The van der Waals surface area contributed by atoms with E-state index in [4.69, 9.17) is 9.47 Å². The van der Waals surface area contributed by atoms with Gasteiger partial charge >= 0.3 is 6.09 Å². The quantitative estimate of drug-likeness (QED) is 0.863. The SMILES string of the molecule is C[C@H]1Oc2cc(F)cnc2[C@@H]1CN(C)C(=O)OCc1ccccc1. The molecule has 24 heavy (non-hydrogen) atoms. The van der Waals surface area contributed by atoms with Crippen molar-refractivity contribution in [1.29, 1.82) is 0 Å². The molecule has 1 aromatic carbocycles. The van der Waals surface area contributed by atoms with Gasteiger partial charge in [0.1, 0.15) is 24.3 Å². The summed E-state index contributed by atoms with van der Waals surface area (Å²) in [5.41, 5.74) is 1.60. The second-order valence-corrected chi connectivity index (χ2v) is 5.89. The van der Waals surface area contributed by atoms with Crippen LogP contribution in [0.5, 0.6) is 5.75 Å². The van der Waals surface area contributed by atoms with Gasteiger partial charge in [0.15, 0.2) is 0 Å². The highest BCUT2D eigenvalue weighted by Gasteiger charge is 2.34. The number of benzene rings is 1. The van der Waals surface area contributed by atoms with Gasteiger partial charge in [0.25, 0.3) is 0 Å². The second-order valence-electron chi connectivity index (χ2n) is 5.89. The molecule has 2 heterocycles. The summed E-state index contributed by atoms with van der Waals surface area (Å²) in [7, 11) is 1.67. The maximum absolute atomic E-state index is 13.2. The summed E-state index contributed by atoms with van der Waals surface area (Å²) in [4.78, 5) is 17.8. The monoisotopic (exact) mass is 330 g/mol. The minimum atomic E-state index is -0.433. The number of carbonyl (C=O) groups excluding carboxylic acids is 1. The summed E-state index contributed by atoms with van der Waals surface area (Å²) >= 11 is 0. The van der Waals surface area contributed by atoms with Crippen molar-refractivity contribution in [3.8, 4) is 5.75 Å². The molecule has 0 fully saturated rings. The van der Waals surface area contributed by atoms with Crippen LogP contribution < -0.4 is 4.74 Å². The first kappa shape index (κ1) is 16.2. The zero-order valence-electron chi connectivity index (χ0n) is 13.6. The third-order valence-corrected chi connectivity index (χ3v) is 4.07. The van der Waals surface area contributed by atoms with E-state index in [1.54, 1.807) is 7.05 Å². The minimum Gasteiger partial charge on any atom is -0.488 e. The Balaban J connectivity index is 1.60. The fraction of sp³-hybridized carbons (Fsp3) is 0.333. The first-order valence-corrected chi connectivity index (χ1v) is 7.78. The predicted octanol–water partition coefficient (Wildman–Crippen LogP) is 3.35. The van der Waals surface area contributed by atoms with Gasteiger partial charge in [-0.3, -0.25) is 4.98 Å². The van der Waals surface area contributed by atoms with E-state index in [2.05, 4.69) is 4.98 Å². The van der Waals surface area contributed by atoms with Crippen LogP contribution in [0.4, 0.5) is 9.18 Å². The number of hydrogen-bond acceptors (Lipinski definition) is 4. The van der Waals surface area contributed by atoms with Gasteiger partial charge in [0.2, 0.25) is 0 Å². The summed E-state index contributed by atoms with van der Waals surface area (Å²) in [6, 6.07) is 10.8. The van der Waals surface area contributed by atoms with Crippen LogP contribution in [0.15, 0.2) is 42.6 Å². The fourth-order valence-corrected chi connectivity index (χ4v) is 2.74. The van der Waals surface area contributed by atoms with E-state index in [0.717, 1.165) is 5.56 Å². The molecule has 0 radical (unpaired) electrons. The Kier molecular flexibility index (Phi) is 4.64. The first-order chi connectivity index (χ1) is 11.5. The van der Waals surface area contributed by atoms with Gasteiger partial charge in [-0.1, -0.05) is 30.3 Å². The van der Waals surface area contributed by atoms with Crippen LogP contribution in [0.3, 0.4) is 0 Å². The lowest BCUT2D eigenvalue weighted by molar-refractivity contribution is 0.0981. The number of pyridine rings is 1. The molecule has 0 unspecified atom stereocenters. The van der Waals surface area contributed by atoms with E-state index in [-0.39, 0.29) is 18.6 Å². The zero-order chi connectivity index (χ0) is 17.1. The molecule has 0 spiro atoms. The molecule has 1 aliphatic rings. The van der Waals surface area contributed by atoms with Gasteiger partial charge < -0.3 is 14.4 Å². The number of carbonyl (C=O) groups is 1. The molecule has 0 saturated heterocycles. The van der Waals surface area contributed by atoms with Gasteiger partial charge in [-0.05, 0) is 12.5 Å². The highest BCUT2D eigenvalue weighted by molar-refractivity contribution is 5.67. The van der Waals surface area contributed by atoms with E-state index in [1.807, 2.05) is 37.3 Å². The molecule has 0 bridgehead atoms. The number of likely N-dealkylation sites (N-methyl/N-ethyl adjacent to an activating group) is 1. The van der Waals surface area contributed by atoms with E-state index >= 15 is 0 Å². The van der Waals surface area contributed by atoms with E-state index < -0.39 is 11.9 Å². The van der Waals surface area contributed by atoms with Gasteiger partial charge in [-0.15, -0.1) is 0 Å². The molecule has 6 heteroatoms. The number of rotatable bonds is 4. The summed E-state index contributed by atoms with van der Waals surface area (Å²) in [6.07, 6.45) is 0.571. The van der Waals surface area contributed by atoms with E-state index in [0.29, 0.717) is 18.0 Å². The number of ether oxygens (including phenoxy) is 2. The molecule has 1 amide bonds. The molecule has 0 N–H and O–H groups in total. The topological polar surface area (TPSA) is 51.7 Å². The molecule has 2 atom stereocenters. The Labute approximate surface area is 140 Å². The number of fused-ring (bicyclic) bond motifs is 1. The largest absolute Gasteiger partial charge is 0.488 e. The first-order valence-electron chi connectivity index (χ1n) is 7.78. The lowest BCUT2D eigenvalue weighted by Gasteiger charge is -2.22. The van der Waals surface area contributed by atoms with Crippen molar-refractivity contribution in [2.45, 2.75) is 25.6 Å². The minimum absolute atomic E-state index is 0.116. The fourth-order valence-electron chi connectivity index (χ4n) is 2.74. The van der Waals surface area contributed by atoms with Crippen LogP contribution in [0.1, 0.15) is 24.1 Å². The lowest BCUT2D eigenvalue weighted by Crippen LogP contribution is -2.34. The number of aromatic nitrogens is 1. The van der Waals surface area contributed by atoms with Crippen molar-refractivity contribution >= 4 is 6.09 Å². The molecule has 5 nitrogen and oxygen atoms in total. The van der Waals surface area contributed by atoms with Crippen LogP contribution in [0.2, 0.25) is 0 Å². The molecule has 2 aromatic rings. The van der Waals surface area contributed by atoms with Crippen LogP contribution >= 0.6 is 0 Å². The van der Waals surface area contributed by atoms with Gasteiger partial charge in [-0.25, -0.2) is 9.18 Å². The normalized spacial score (nSPS) is 18.6. The maximum Gasteiger partial charge on any atom is 0.409 e. The van der Waals surface area contributed by atoms with Crippen LogP contribution in [0.25, 0.3) is 0 Å². The molecule has 0 aliphatic carbocycles. The summed E-state index contributed by atoms with van der Waals surface area (Å²) in [5.74, 6) is -0.106. The Bertz CT molecular complexity index is 723. The smallest absolute Gasteiger partial charge is 0.409 e. The van der Waals surface area contributed by atoms with Gasteiger partial charge in [0.05, 0.1) is 17.8 Å². The number of hydrogen-bond donors (Lipinski definition) is 0. The Hall–Kier alpha value is -2.63. The van der Waals surface area contributed by atoms with Crippen molar-refractivity contribution in [3.63, 3.8) is 0 Å². The Morgan fingerprint density at radius 1 is 1.38 bits per heavy atom. The van der Waals surface area contributed by atoms with Crippen LogP contribution in [-0.2, 0) is 11.3 Å². The highest BCUT2D eigenvalue weighted by Crippen LogP contribution is 2.37.